The van der Waals surface area contributed by atoms with Gasteiger partial charge in [0.1, 0.15) is 0 Å². The van der Waals surface area contributed by atoms with Crippen molar-refractivity contribution in [3.05, 3.63) is 47.5 Å². The molecule has 1 aromatic carbocycles. The summed E-state index contributed by atoms with van der Waals surface area (Å²) in [6.45, 7) is 4.13. The van der Waals surface area contributed by atoms with E-state index in [0.717, 1.165) is 17.4 Å². The molecule has 0 atom stereocenters. The molecule has 0 unspecified atom stereocenters. The molecule has 0 amide bonds. The molecule has 1 aromatic rings. The van der Waals surface area contributed by atoms with Gasteiger partial charge in [-0.05, 0) is 68.6 Å². The van der Waals surface area contributed by atoms with Crippen molar-refractivity contribution in [2.45, 2.75) is 58.3 Å². The van der Waals surface area contributed by atoms with Gasteiger partial charge in [-0.2, -0.15) is 0 Å². The van der Waals surface area contributed by atoms with E-state index >= 15 is 0 Å². The van der Waals surface area contributed by atoms with Crippen LogP contribution in [-0.4, -0.2) is 0 Å². The fraction of sp³-hybridized carbons (Fsp3) is 0.500. The first-order valence-corrected chi connectivity index (χ1v) is 8.03. The highest BCUT2D eigenvalue weighted by atomic mass is 14.2. The molecule has 0 N–H and O–H groups in total. The lowest BCUT2D eigenvalue weighted by Crippen LogP contribution is -2.11. The van der Waals surface area contributed by atoms with E-state index in [1.165, 1.54) is 44.1 Å². The molecule has 0 spiro atoms. The number of hydrogen-bond acceptors (Lipinski definition) is 0. The van der Waals surface area contributed by atoms with Crippen LogP contribution in [0.4, 0.5) is 0 Å². The molecule has 0 heterocycles. The Hall–Kier alpha value is -1.48. The molecule has 1 aliphatic rings. The fourth-order valence-electron chi connectivity index (χ4n) is 3.08. The Morgan fingerprint density at radius 1 is 1.10 bits per heavy atom. The summed E-state index contributed by atoms with van der Waals surface area (Å²) < 4.78 is 0. The van der Waals surface area contributed by atoms with Crippen LogP contribution in [-0.2, 0) is 0 Å². The van der Waals surface area contributed by atoms with Gasteiger partial charge >= 0.3 is 0 Å². The van der Waals surface area contributed by atoms with E-state index in [-0.39, 0.29) is 0 Å². The monoisotopic (exact) mass is 266 g/mol. The van der Waals surface area contributed by atoms with E-state index in [1.807, 2.05) is 6.92 Å². The molecule has 0 aliphatic heterocycles. The van der Waals surface area contributed by atoms with Crippen LogP contribution in [0.1, 0.15) is 69.4 Å². The lowest BCUT2D eigenvalue weighted by Gasteiger charge is -2.27. The largest absolute Gasteiger partial charge is 0.101 e. The summed E-state index contributed by atoms with van der Waals surface area (Å²) in [5.74, 6) is 7.65. The Morgan fingerprint density at radius 3 is 2.40 bits per heavy atom. The molecule has 0 heteroatoms. The van der Waals surface area contributed by atoms with Gasteiger partial charge in [0, 0.05) is 5.56 Å². The third-order valence-corrected chi connectivity index (χ3v) is 4.29. The summed E-state index contributed by atoms with van der Waals surface area (Å²) in [5.41, 5.74) is 2.63. The number of unbranched alkanes of at least 4 members (excludes halogenated alkanes) is 1. The Labute approximate surface area is 124 Å². The van der Waals surface area contributed by atoms with E-state index < -0.39 is 0 Å². The molecule has 0 aromatic heterocycles. The van der Waals surface area contributed by atoms with Crippen LogP contribution in [0, 0.1) is 17.8 Å². The lowest BCUT2D eigenvalue weighted by atomic mass is 9.78. The number of rotatable bonds is 4. The molecule has 0 bridgehead atoms. The quantitative estimate of drug-likeness (QED) is 0.485. The summed E-state index contributed by atoms with van der Waals surface area (Å²) in [6, 6.07) is 8.88. The zero-order valence-corrected chi connectivity index (χ0v) is 12.9. The van der Waals surface area contributed by atoms with Crippen molar-refractivity contribution in [1.29, 1.82) is 0 Å². The van der Waals surface area contributed by atoms with Crippen molar-refractivity contribution in [3.8, 4) is 11.8 Å². The summed E-state index contributed by atoms with van der Waals surface area (Å²) in [6.07, 6.45) is 12.7. The Bertz CT molecular complexity index is 473. The number of benzene rings is 1. The lowest BCUT2D eigenvalue weighted by molar-refractivity contribution is 0.375. The summed E-state index contributed by atoms with van der Waals surface area (Å²) in [5, 5.41) is 0. The van der Waals surface area contributed by atoms with E-state index in [9.17, 15) is 0 Å². The minimum Gasteiger partial charge on any atom is -0.101 e. The molecule has 106 valence electrons. The standard InChI is InChI=1S/C20H26/c1-3-5-6-8-18-11-15-20(16-12-18)19-13-9-17(7-4-2)10-14-19/h6,8-10,13-14,18,20H,3,5,11-12,15-16H2,1-2H3/b8-6+/t18-,20-. The van der Waals surface area contributed by atoms with E-state index in [2.05, 4.69) is 55.2 Å². The average molecular weight is 266 g/mol. The molecule has 20 heavy (non-hydrogen) atoms. The maximum Gasteiger partial charge on any atom is 0.0245 e. The highest BCUT2D eigenvalue weighted by molar-refractivity contribution is 5.36. The van der Waals surface area contributed by atoms with Crippen LogP contribution >= 0.6 is 0 Å². The van der Waals surface area contributed by atoms with Crippen LogP contribution in [0.2, 0.25) is 0 Å². The van der Waals surface area contributed by atoms with Gasteiger partial charge < -0.3 is 0 Å². The first-order valence-electron chi connectivity index (χ1n) is 8.03. The van der Waals surface area contributed by atoms with Crippen molar-refractivity contribution in [2.75, 3.05) is 0 Å². The molecule has 1 fully saturated rings. The van der Waals surface area contributed by atoms with Gasteiger partial charge in [0.15, 0.2) is 0 Å². The van der Waals surface area contributed by atoms with Gasteiger partial charge in [-0.25, -0.2) is 0 Å². The third kappa shape index (κ3) is 4.27. The molecule has 1 aliphatic carbocycles. The molecule has 1 saturated carbocycles. The van der Waals surface area contributed by atoms with Gasteiger partial charge in [0.05, 0.1) is 0 Å². The Morgan fingerprint density at radius 2 is 1.80 bits per heavy atom. The highest BCUT2D eigenvalue weighted by Crippen LogP contribution is 2.36. The summed E-state index contributed by atoms with van der Waals surface area (Å²) in [4.78, 5) is 0. The van der Waals surface area contributed by atoms with Crippen molar-refractivity contribution in [1.82, 2.24) is 0 Å². The molecular formula is C20H26. The van der Waals surface area contributed by atoms with Crippen LogP contribution in [0.15, 0.2) is 36.4 Å². The maximum absolute atomic E-state index is 3.11. The summed E-state index contributed by atoms with van der Waals surface area (Å²) >= 11 is 0. The van der Waals surface area contributed by atoms with Crippen molar-refractivity contribution in [2.24, 2.45) is 5.92 Å². The first-order chi connectivity index (χ1) is 9.83. The van der Waals surface area contributed by atoms with E-state index in [0.29, 0.717) is 0 Å². The third-order valence-electron chi connectivity index (χ3n) is 4.29. The molecule has 0 nitrogen and oxygen atoms in total. The van der Waals surface area contributed by atoms with Crippen LogP contribution in [0.3, 0.4) is 0 Å². The van der Waals surface area contributed by atoms with Gasteiger partial charge in [-0.1, -0.05) is 43.5 Å². The predicted octanol–water partition coefficient (Wildman–Crippen LogP) is 5.69. The molecule has 0 radical (unpaired) electrons. The minimum absolute atomic E-state index is 0.759. The van der Waals surface area contributed by atoms with Gasteiger partial charge in [-0.15, -0.1) is 5.92 Å². The second kappa shape index (κ2) is 7.95. The number of hydrogen-bond donors (Lipinski definition) is 0. The van der Waals surface area contributed by atoms with E-state index in [4.69, 9.17) is 0 Å². The number of allylic oxidation sites excluding steroid dienone is 2. The molecular weight excluding hydrogens is 240 g/mol. The highest BCUT2D eigenvalue weighted by Gasteiger charge is 2.20. The average Bonchev–Trinajstić information content (AvgIpc) is 2.49. The zero-order valence-electron chi connectivity index (χ0n) is 12.9. The van der Waals surface area contributed by atoms with Gasteiger partial charge in [-0.3, -0.25) is 0 Å². The van der Waals surface area contributed by atoms with E-state index in [1.54, 1.807) is 0 Å². The van der Waals surface area contributed by atoms with Crippen molar-refractivity contribution in [3.63, 3.8) is 0 Å². The van der Waals surface area contributed by atoms with Crippen LogP contribution in [0.25, 0.3) is 0 Å². The zero-order chi connectivity index (χ0) is 14.2. The van der Waals surface area contributed by atoms with Gasteiger partial charge in [0.25, 0.3) is 0 Å². The molecule has 0 saturated heterocycles. The molecule has 2 rings (SSSR count). The van der Waals surface area contributed by atoms with Crippen LogP contribution < -0.4 is 0 Å². The maximum atomic E-state index is 3.11. The minimum atomic E-state index is 0.759. The topological polar surface area (TPSA) is 0 Å². The Kier molecular flexibility index (Phi) is 5.93. The second-order valence-electron chi connectivity index (χ2n) is 5.83. The van der Waals surface area contributed by atoms with Crippen LogP contribution in [0.5, 0.6) is 0 Å². The first kappa shape index (κ1) is 14.9. The van der Waals surface area contributed by atoms with Crippen molar-refractivity contribution < 1.29 is 0 Å². The predicted molar refractivity (Wildman–Crippen MR) is 87.7 cm³/mol. The Balaban J connectivity index is 1.88. The second-order valence-corrected chi connectivity index (χ2v) is 5.83. The normalized spacial score (nSPS) is 22.5. The summed E-state index contributed by atoms with van der Waals surface area (Å²) in [7, 11) is 0. The fourth-order valence-corrected chi connectivity index (χ4v) is 3.08. The van der Waals surface area contributed by atoms with Gasteiger partial charge in [0.2, 0.25) is 0 Å². The SMILES string of the molecule is CC#Cc1ccc([C@H]2CC[C@H](/C=C/CCC)CC2)cc1. The van der Waals surface area contributed by atoms with Crippen molar-refractivity contribution >= 4 is 0 Å². The smallest absolute Gasteiger partial charge is 0.0245 e.